The van der Waals surface area contributed by atoms with Gasteiger partial charge in [-0.15, -0.1) is 11.3 Å². The molecule has 0 bridgehead atoms. The van der Waals surface area contributed by atoms with E-state index in [2.05, 4.69) is 23.4 Å². The van der Waals surface area contributed by atoms with Crippen LogP contribution in [-0.4, -0.2) is 16.3 Å². The SMILES string of the molecule is CCCc1nn(C)c(NCCc2ccc(Cl)s2)c1N. The first-order valence-electron chi connectivity index (χ1n) is 6.41. The Kier molecular flexibility index (Phi) is 4.71. The molecule has 0 aliphatic heterocycles. The van der Waals surface area contributed by atoms with Gasteiger partial charge >= 0.3 is 0 Å². The van der Waals surface area contributed by atoms with E-state index in [1.165, 1.54) is 4.88 Å². The summed E-state index contributed by atoms with van der Waals surface area (Å²) in [5, 5.41) is 7.80. The first-order chi connectivity index (χ1) is 9.11. The lowest BCUT2D eigenvalue weighted by atomic mass is 10.2. The normalized spacial score (nSPS) is 10.9. The van der Waals surface area contributed by atoms with Gasteiger partial charge in [0, 0.05) is 18.5 Å². The summed E-state index contributed by atoms with van der Waals surface area (Å²) in [6.45, 7) is 2.95. The monoisotopic (exact) mass is 298 g/mol. The van der Waals surface area contributed by atoms with Gasteiger partial charge in [0.1, 0.15) is 5.82 Å². The minimum absolute atomic E-state index is 0.772. The van der Waals surface area contributed by atoms with E-state index in [4.69, 9.17) is 17.3 Å². The van der Waals surface area contributed by atoms with Crippen molar-refractivity contribution < 1.29 is 0 Å². The number of rotatable bonds is 6. The van der Waals surface area contributed by atoms with Gasteiger partial charge in [0.25, 0.3) is 0 Å². The van der Waals surface area contributed by atoms with Crippen molar-refractivity contribution in [2.24, 2.45) is 7.05 Å². The molecule has 2 aromatic heterocycles. The molecule has 2 aromatic rings. The Hall–Kier alpha value is -1.20. The van der Waals surface area contributed by atoms with Crippen LogP contribution in [0.1, 0.15) is 23.9 Å². The molecular weight excluding hydrogens is 280 g/mol. The summed E-state index contributed by atoms with van der Waals surface area (Å²) < 4.78 is 2.65. The van der Waals surface area contributed by atoms with Gasteiger partial charge in [-0.3, -0.25) is 4.68 Å². The molecule has 0 spiro atoms. The van der Waals surface area contributed by atoms with E-state index >= 15 is 0 Å². The van der Waals surface area contributed by atoms with Gasteiger partial charge in [0.05, 0.1) is 15.7 Å². The standard InChI is InChI=1S/C13H19ClN4S/c1-3-4-10-12(15)13(18(2)17-10)16-8-7-9-5-6-11(14)19-9/h5-6,16H,3-4,7-8,15H2,1-2H3. The van der Waals surface area contributed by atoms with Crippen molar-refractivity contribution in [2.75, 3.05) is 17.6 Å². The molecule has 0 atom stereocenters. The van der Waals surface area contributed by atoms with Crippen LogP contribution in [0.25, 0.3) is 0 Å². The van der Waals surface area contributed by atoms with E-state index in [-0.39, 0.29) is 0 Å². The Morgan fingerprint density at radius 1 is 1.42 bits per heavy atom. The fourth-order valence-electron chi connectivity index (χ4n) is 2.02. The lowest BCUT2D eigenvalue weighted by molar-refractivity contribution is 0.735. The van der Waals surface area contributed by atoms with Crippen molar-refractivity contribution in [1.82, 2.24) is 9.78 Å². The fraction of sp³-hybridized carbons (Fsp3) is 0.462. The third kappa shape index (κ3) is 3.42. The number of halogens is 1. The highest BCUT2D eigenvalue weighted by atomic mass is 35.5. The molecule has 6 heteroatoms. The third-order valence-electron chi connectivity index (χ3n) is 2.94. The summed E-state index contributed by atoms with van der Waals surface area (Å²) in [7, 11) is 1.92. The zero-order chi connectivity index (χ0) is 13.8. The van der Waals surface area contributed by atoms with E-state index in [0.717, 1.165) is 47.3 Å². The van der Waals surface area contributed by atoms with E-state index in [1.807, 2.05) is 17.8 Å². The van der Waals surface area contributed by atoms with Gasteiger partial charge < -0.3 is 11.1 Å². The van der Waals surface area contributed by atoms with Crippen molar-refractivity contribution in [1.29, 1.82) is 0 Å². The Morgan fingerprint density at radius 2 is 2.21 bits per heavy atom. The van der Waals surface area contributed by atoms with Crippen molar-refractivity contribution in [3.63, 3.8) is 0 Å². The predicted molar refractivity (Wildman–Crippen MR) is 83.1 cm³/mol. The van der Waals surface area contributed by atoms with Gasteiger partial charge in [-0.1, -0.05) is 24.9 Å². The smallest absolute Gasteiger partial charge is 0.147 e. The second-order valence-corrected chi connectivity index (χ2v) is 6.26. The van der Waals surface area contributed by atoms with Crippen LogP contribution in [-0.2, 0) is 19.9 Å². The maximum absolute atomic E-state index is 6.11. The van der Waals surface area contributed by atoms with Gasteiger partial charge in [-0.25, -0.2) is 0 Å². The molecule has 0 saturated heterocycles. The molecule has 0 saturated carbocycles. The van der Waals surface area contributed by atoms with E-state index in [9.17, 15) is 0 Å². The lowest BCUT2D eigenvalue weighted by Crippen LogP contribution is -2.09. The number of aromatic nitrogens is 2. The second kappa shape index (κ2) is 6.30. The minimum atomic E-state index is 0.772. The van der Waals surface area contributed by atoms with E-state index in [0.29, 0.717) is 0 Å². The maximum atomic E-state index is 6.11. The number of nitrogens with zero attached hydrogens (tertiary/aromatic N) is 2. The molecule has 3 N–H and O–H groups in total. The average molecular weight is 299 g/mol. The largest absolute Gasteiger partial charge is 0.394 e. The molecule has 0 amide bonds. The predicted octanol–water partition coefficient (Wildman–Crippen LogP) is 3.32. The Labute approximate surface area is 122 Å². The number of nitrogen functional groups attached to an aromatic ring is 1. The second-order valence-electron chi connectivity index (χ2n) is 4.47. The molecule has 2 heterocycles. The number of hydrogen-bond donors (Lipinski definition) is 2. The van der Waals surface area contributed by atoms with Gasteiger partial charge in [-0.05, 0) is 25.0 Å². The molecular formula is C13H19ClN4S. The number of nitrogens with two attached hydrogens (primary N) is 1. The molecule has 0 fully saturated rings. The van der Waals surface area contributed by atoms with Crippen LogP contribution in [0, 0.1) is 0 Å². The van der Waals surface area contributed by atoms with Crippen LogP contribution in [0.2, 0.25) is 4.34 Å². The summed E-state index contributed by atoms with van der Waals surface area (Å²) in [6.07, 6.45) is 2.90. The molecule has 4 nitrogen and oxygen atoms in total. The highest BCUT2D eigenvalue weighted by Gasteiger charge is 2.11. The molecule has 0 aliphatic rings. The van der Waals surface area contributed by atoms with Gasteiger partial charge in [0.2, 0.25) is 0 Å². The van der Waals surface area contributed by atoms with Gasteiger partial charge in [-0.2, -0.15) is 5.10 Å². The van der Waals surface area contributed by atoms with Crippen molar-refractivity contribution in [2.45, 2.75) is 26.2 Å². The first kappa shape index (κ1) is 14.2. The summed E-state index contributed by atoms with van der Waals surface area (Å²) in [6, 6.07) is 3.99. The van der Waals surface area contributed by atoms with Crippen LogP contribution >= 0.6 is 22.9 Å². The molecule has 0 radical (unpaired) electrons. The molecule has 0 unspecified atom stereocenters. The van der Waals surface area contributed by atoms with Crippen molar-refractivity contribution in [3.05, 3.63) is 27.0 Å². The molecule has 0 aromatic carbocycles. The highest BCUT2D eigenvalue weighted by Crippen LogP contribution is 2.24. The zero-order valence-corrected chi connectivity index (χ0v) is 12.8. The number of anilines is 2. The first-order valence-corrected chi connectivity index (χ1v) is 7.60. The Balaban J connectivity index is 1.95. The van der Waals surface area contributed by atoms with Crippen LogP contribution in [0.15, 0.2) is 12.1 Å². The minimum Gasteiger partial charge on any atom is -0.394 e. The quantitative estimate of drug-likeness (QED) is 0.860. The van der Waals surface area contributed by atoms with Crippen LogP contribution in [0.5, 0.6) is 0 Å². The summed E-state index contributed by atoms with van der Waals surface area (Å²) in [5.41, 5.74) is 7.86. The van der Waals surface area contributed by atoms with Crippen LogP contribution in [0.4, 0.5) is 11.5 Å². The van der Waals surface area contributed by atoms with Crippen LogP contribution in [0.3, 0.4) is 0 Å². The Morgan fingerprint density at radius 3 is 2.84 bits per heavy atom. The van der Waals surface area contributed by atoms with Gasteiger partial charge in [0.15, 0.2) is 0 Å². The van der Waals surface area contributed by atoms with Crippen molar-refractivity contribution >= 4 is 34.4 Å². The highest BCUT2D eigenvalue weighted by molar-refractivity contribution is 7.16. The number of thiophene rings is 1. The third-order valence-corrected chi connectivity index (χ3v) is 4.23. The summed E-state index contributed by atoms with van der Waals surface area (Å²) >= 11 is 7.53. The maximum Gasteiger partial charge on any atom is 0.147 e. The van der Waals surface area contributed by atoms with E-state index in [1.54, 1.807) is 11.3 Å². The summed E-state index contributed by atoms with van der Waals surface area (Å²) in [5.74, 6) is 0.908. The van der Waals surface area contributed by atoms with E-state index < -0.39 is 0 Å². The van der Waals surface area contributed by atoms with Crippen LogP contribution < -0.4 is 11.1 Å². The molecule has 2 rings (SSSR count). The molecule has 104 valence electrons. The average Bonchev–Trinajstić information content (AvgIpc) is 2.89. The summed E-state index contributed by atoms with van der Waals surface area (Å²) in [4.78, 5) is 1.27. The zero-order valence-electron chi connectivity index (χ0n) is 11.2. The fourth-order valence-corrected chi connectivity index (χ4v) is 3.10. The number of aryl methyl sites for hydroxylation is 2. The lowest BCUT2D eigenvalue weighted by Gasteiger charge is -2.06. The number of nitrogens with one attached hydrogen (secondary N) is 1. The number of hydrogen-bond acceptors (Lipinski definition) is 4. The molecule has 19 heavy (non-hydrogen) atoms. The molecule has 0 aliphatic carbocycles. The Bertz CT molecular complexity index is 547. The topological polar surface area (TPSA) is 55.9 Å². The van der Waals surface area contributed by atoms with Crippen molar-refractivity contribution in [3.8, 4) is 0 Å².